The van der Waals surface area contributed by atoms with Crippen molar-refractivity contribution in [1.82, 2.24) is 0 Å². The quantitative estimate of drug-likeness (QED) is 0.515. The first kappa shape index (κ1) is 31.5. The summed E-state index contributed by atoms with van der Waals surface area (Å²) in [7, 11) is -2.24. The van der Waals surface area contributed by atoms with Gasteiger partial charge in [-0.2, -0.15) is 0 Å². The van der Waals surface area contributed by atoms with Crippen LogP contribution in [0, 0.1) is 0 Å². The van der Waals surface area contributed by atoms with E-state index in [0.717, 1.165) is 12.1 Å². The average molecular weight is 503 g/mol. The molecule has 0 N–H and O–H groups in total. The third-order valence-corrected chi connectivity index (χ3v) is 6.57. The third-order valence-electron chi connectivity index (χ3n) is 4.29. The topological polar surface area (TPSA) is 28.2 Å². The largest absolute Gasteiger partial charge is 4.00 e. The second-order valence-corrected chi connectivity index (χ2v) is 18.4. The summed E-state index contributed by atoms with van der Waals surface area (Å²) in [5, 5.41) is 0. The van der Waals surface area contributed by atoms with E-state index in [1.165, 1.54) is 64.2 Å². The number of hydrogen-bond acceptors (Lipinski definition) is 0. The van der Waals surface area contributed by atoms with E-state index in [1.54, 1.807) is 0 Å². The Hall–Kier alpha value is 1.82. The Balaban J connectivity index is -0.000000346. The Morgan fingerprint density at radius 1 is 0.520 bits per heavy atom. The molecule has 2 aliphatic carbocycles. The van der Waals surface area contributed by atoms with E-state index in [2.05, 4.69) is 39.3 Å². The fourth-order valence-electron chi connectivity index (χ4n) is 3.52. The molecule has 2 fully saturated rings. The summed E-state index contributed by atoms with van der Waals surface area (Å²) in [5.74, 6) is 0. The van der Waals surface area contributed by atoms with E-state index < -0.39 is 16.5 Å². The summed E-state index contributed by atoms with van der Waals surface area (Å²) in [6.07, 6.45) is 14.0. The van der Waals surface area contributed by atoms with Crippen molar-refractivity contribution in [2.75, 3.05) is 0 Å². The van der Waals surface area contributed by atoms with Crippen LogP contribution in [0.5, 0.6) is 0 Å². The first-order valence-corrected chi connectivity index (χ1v) is 16.5. The average Bonchev–Trinajstić information content (AvgIpc) is 2.38. The maximum Gasteiger partial charge on any atom is 4.00 e. The van der Waals surface area contributed by atoms with Crippen LogP contribution in [0.25, 0.3) is 9.96 Å². The van der Waals surface area contributed by atoms with Crippen molar-refractivity contribution < 1.29 is 51.0 Å². The molecule has 0 aromatic carbocycles. The van der Waals surface area contributed by atoms with E-state index in [0.29, 0.717) is 0 Å². The van der Waals surface area contributed by atoms with Crippen LogP contribution in [-0.2, 0) is 26.2 Å². The maximum atomic E-state index is 4.91. The second-order valence-electron chi connectivity index (χ2n) is 9.18. The van der Waals surface area contributed by atoms with Crippen LogP contribution in [0.2, 0.25) is 39.3 Å². The molecular weight excluding hydrogens is 463 g/mol. The molecule has 0 aromatic heterocycles. The molecule has 0 radical (unpaired) electrons. The van der Waals surface area contributed by atoms with Crippen molar-refractivity contribution >= 4 is 16.5 Å². The molecule has 2 aliphatic rings. The Morgan fingerprint density at radius 3 is 0.960 bits per heavy atom. The number of rotatable bonds is 4. The van der Waals surface area contributed by atoms with Gasteiger partial charge >= 0.3 is 26.2 Å². The minimum atomic E-state index is -1.12. The van der Waals surface area contributed by atoms with Gasteiger partial charge in [0.2, 0.25) is 0 Å². The van der Waals surface area contributed by atoms with Gasteiger partial charge in [0, 0.05) is 0 Å². The zero-order valence-electron chi connectivity index (χ0n) is 17.4. The molecule has 2 rings (SSSR count). The molecule has 7 heteroatoms. The van der Waals surface area contributed by atoms with E-state index in [-0.39, 0.29) is 51.0 Å². The van der Waals surface area contributed by atoms with Crippen LogP contribution in [0.4, 0.5) is 0 Å². The van der Waals surface area contributed by atoms with Gasteiger partial charge in [-0.15, -0.1) is 12.1 Å². The van der Waals surface area contributed by atoms with Crippen LogP contribution >= 0.6 is 0 Å². The molecule has 0 unspecified atom stereocenters. The Kier molecular flexibility index (Phi) is 19.8. The summed E-state index contributed by atoms with van der Waals surface area (Å²) < 4.78 is 0. The van der Waals surface area contributed by atoms with Gasteiger partial charge in [-0.25, -0.2) is 0 Å². The number of halogens is 2. The fourth-order valence-corrected chi connectivity index (χ4v) is 6.22. The van der Waals surface area contributed by atoms with E-state index in [1.807, 2.05) is 0 Å². The summed E-state index contributed by atoms with van der Waals surface area (Å²) in [5.41, 5.74) is 0. The monoisotopic (exact) mass is 500 g/mol. The normalized spacial score (nSPS) is 19.4. The molecule has 0 aliphatic heterocycles. The fraction of sp³-hybridized carbons (Fsp3) is 1.00. The summed E-state index contributed by atoms with van der Waals surface area (Å²) in [6.45, 7) is 14.0. The van der Waals surface area contributed by atoms with E-state index >= 15 is 0 Å². The van der Waals surface area contributed by atoms with Crippen LogP contribution in [-0.4, -0.2) is 28.6 Å². The standard InChI is InChI=1S/2C9H20NSi.2ClH.Zr/c2*1-11(2,3)10-9-7-5-4-6-8-9;;;/h2*9H,4-8H2,1-3H3;2*1H;/q2*-1;;;+4/p-2. The Morgan fingerprint density at radius 2 is 0.760 bits per heavy atom. The Labute approximate surface area is 192 Å². The second kappa shape index (κ2) is 15.7. The van der Waals surface area contributed by atoms with E-state index in [4.69, 9.17) is 9.96 Å². The summed E-state index contributed by atoms with van der Waals surface area (Å²) in [4.78, 5) is 9.81. The molecule has 0 bridgehead atoms. The van der Waals surface area contributed by atoms with Gasteiger partial charge in [-0.3, -0.25) is 0 Å². The Bertz CT molecular complexity index is 268. The van der Waals surface area contributed by atoms with Gasteiger partial charge < -0.3 is 34.8 Å². The molecule has 2 nitrogen and oxygen atoms in total. The van der Waals surface area contributed by atoms with Crippen molar-refractivity contribution in [2.24, 2.45) is 0 Å². The molecule has 0 amide bonds. The van der Waals surface area contributed by atoms with Crippen molar-refractivity contribution in [3.05, 3.63) is 9.96 Å². The SMILES string of the molecule is C[Si](C)(C)[N-]C1CCCCC1.C[Si](C)(C)[N-]C1CCCCC1.[Cl-].[Cl-].[Zr+4]. The van der Waals surface area contributed by atoms with Gasteiger partial charge in [0.15, 0.2) is 0 Å². The molecule has 0 spiro atoms. The molecule has 0 heterocycles. The van der Waals surface area contributed by atoms with Crippen molar-refractivity contribution in [3.8, 4) is 0 Å². The van der Waals surface area contributed by atoms with Crippen LogP contribution in [0.15, 0.2) is 0 Å². The van der Waals surface area contributed by atoms with Gasteiger partial charge in [0.25, 0.3) is 0 Å². The molecule has 0 aromatic rings. The van der Waals surface area contributed by atoms with Gasteiger partial charge in [-0.05, 0) is 0 Å². The van der Waals surface area contributed by atoms with Gasteiger partial charge in [0.05, 0.1) is 0 Å². The summed E-state index contributed by atoms with van der Waals surface area (Å²) >= 11 is 0. The smallest absolute Gasteiger partial charge is 1.00 e. The molecule has 148 valence electrons. The molecule has 0 atom stereocenters. The molecular formula is C18H40Cl2N2Si2Zr. The van der Waals surface area contributed by atoms with Gasteiger partial charge in [-0.1, -0.05) is 120 Å². The number of nitrogens with zero attached hydrogens (tertiary/aromatic N) is 2. The summed E-state index contributed by atoms with van der Waals surface area (Å²) in [6, 6.07) is 1.46. The predicted molar refractivity (Wildman–Crippen MR) is 107 cm³/mol. The van der Waals surface area contributed by atoms with Crippen LogP contribution < -0.4 is 24.8 Å². The predicted octanol–water partition coefficient (Wildman–Crippen LogP) is 1.06. The zero-order chi connectivity index (χ0) is 16.6. The van der Waals surface area contributed by atoms with Crippen LogP contribution in [0.1, 0.15) is 64.2 Å². The first-order chi connectivity index (χ1) is 10.2. The zero-order valence-corrected chi connectivity index (χ0v) is 23.3. The van der Waals surface area contributed by atoms with Gasteiger partial charge in [0.1, 0.15) is 0 Å². The van der Waals surface area contributed by atoms with Crippen LogP contribution in [0.3, 0.4) is 0 Å². The molecule has 25 heavy (non-hydrogen) atoms. The van der Waals surface area contributed by atoms with Crippen molar-refractivity contribution in [3.63, 3.8) is 0 Å². The maximum absolute atomic E-state index is 4.91. The number of hydrogen-bond donors (Lipinski definition) is 0. The van der Waals surface area contributed by atoms with E-state index in [9.17, 15) is 0 Å². The minimum absolute atomic E-state index is 0. The third kappa shape index (κ3) is 18.9. The molecule has 2 saturated carbocycles. The van der Waals surface area contributed by atoms with Crippen molar-refractivity contribution in [1.29, 1.82) is 0 Å². The first-order valence-electron chi connectivity index (χ1n) is 9.60. The minimum Gasteiger partial charge on any atom is -1.00 e. The molecule has 0 saturated heterocycles. The van der Waals surface area contributed by atoms with Crippen molar-refractivity contribution in [2.45, 2.75) is 116 Å².